The van der Waals surface area contributed by atoms with E-state index in [0.29, 0.717) is 18.4 Å². The highest BCUT2D eigenvalue weighted by molar-refractivity contribution is 5.99. The molecule has 0 spiro atoms. The van der Waals surface area contributed by atoms with E-state index < -0.39 is 11.4 Å². The van der Waals surface area contributed by atoms with Crippen LogP contribution < -0.4 is 11.1 Å². The minimum Gasteiger partial charge on any atom is -0.368 e. The minimum absolute atomic E-state index is 0.315. The summed E-state index contributed by atoms with van der Waals surface area (Å²) in [5, 5.41) is 2.78. The molecule has 1 aliphatic carbocycles. The van der Waals surface area contributed by atoms with Gasteiger partial charge in [-0.05, 0) is 37.8 Å². The Balaban J connectivity index is 1.83. The topological polar surface area (TPSA) is 85.1 Å². The molecule has 0 radical (unpaired) electrons. The summed E-state index contributed by atoms with van der Waals surface area (Å²) in [6, 6.07) is 9.78. The molecule has 3 N–H and O–H groups in total. The number of aryl methyl sites for hydroxylation is 1. The molecule has 1 aliphatic rings. The minimum atomic E-state index is -0.892. The van der Waals surface area contributed by atoms with Crippen LogP contribution in [0.3, 0.4) is 0 Å². The Morgan fingerprint density at radius 2 is 1.83 bits per heavy atom. The zero-order chi connectivity index (χ0) is 16.4. The Bertz CT molecular complexity index is 749. The van der Waals surface area contributed by atoms with E-state index in [2.05, 4.69) is 10.3 Å². The van der Waals surface area contributed by atoms with E-state index in [4.69, 9.17) is 5.73 Å². The molecule has 1 aromatic carbocycles. The molecule has 5 heteroatoms. The summed E-state index contributed by atoms with van der Waals surface area (Å²) >= 11 is 0. The van der Waals surface area contributed by atoms with Crippen LogP contribution in [0, 0.1) is 6.92 Å². The number of hydrogen-bond acceptors (Lipinski definition) is 3. The molecule has 1 saturated carbocycles. The van der Waals surface area contributed by atoms with Crippen LogP contribution in [0.2, 0.25) is 0 Å². The summed E-state index contributed by atoms with van der Waals surface area (Å²) in [5.41, 5.74) is 7.98. The fourth-order valence-corrected chi connectivity index (χ4v) is 2.72. The van der Waals surface area contributed by atoms with Crippen molar-refractivity contribution in [1.29, 1.82) is 0 Å². The molecule has 0 atom stereocenters. The second-order valence-electron chi connectivity index (χ2n) is 6.08. The monoisotopic (exact) mass is 309 g/mol. The number of primary amides is 1. The van der Waals surface area contributed by atoms with Gasteiger partial charge >= 0.3 is 0 Å². The summed E-state index contributed by atoms with van der Waals surface area (Å²) in [7, 11) is 0. The van der Waals surface area contributed by atoms with Crippen LogP contribution in [0.25, 0.3) is 11.1 Å². The fraction of sp³-hybridized carbons (Fsp3) is 0.278. The summed E-state index contributed by atoms with van der Waals surface area (Å²) in [4.78, 5) is 28.2. The molecule has 118 valence electrons. The van der Waals surface area contributed by atoms with Gasteiger partial charge in [0.2, 0.25) is 5.91 Å². The molecule has 1 aromatic heterocycles. The van der Waals surface area contributed by atoms with Gasteiger partial charge in [-0.1, -0.05) is 29.8 Å². The Labute approximate surface area is 134 Å². The lowest BCUT2D eigenvalue weighted by atomic mass is 9.76. The third-order valence-corrected chi connectivity index (χ3v) is 4.42. The first kappa shape index (κ1) is 15.2. The number of rotatable bonds is 4. The van der Waals surface area contributed by atoms with Gasteiger partial charge in [0.15, 0.2) is 0 Å². The van der Waals surface area contributed by atoms with Gasteiger partial charge < -0.3 is 11.1 Å². The van der Waals surface area contributed by atoms with Crippen molar-refractivity contribution in [2.45, 2.75) is 31.7 Å². The third-order valence-electron chi connectivity index (χ3n) is 4.42. The zero-order valence-corrected chi connectivity index (χ0v) is 13.0. The van der Waals surface area contributed by atoms with Gasteiger partial charge in [0.25, 0.3) is 5.91 Å². The predicted octanol–water partition coefficient (Wildman–Crippen LogP) is 2.19. The van der Waals surface area contributed by atoms with Crippen molar-refractivity contribution in [3.63, 3.8) is 0 Å². The first-order valence-corrected chi connectivity index (χ1v) is 7.65. The highest BCUT2D eigenvalue weighted by Gasteiger charge is 2.44. The lowest BCUT2D eigenvalue weighted by molar-refractivity contribution is -0.127. The molecule has 1 heterocycles. The van der Waals surface area contributed by atoms with Crippen molar-refractivity contribution in [2.24, 2.45) is 5.73 Å². The number of hydrogen-bond donors (Lipinski definition) is 2. The smallest absolute Gasteiger partial charge is 0.253 e. The van der Waals surface area contributed by atoms with Gasteiger partial charge in [0.1, 0.15) is 5.54 Å². The van der Waals surface area contributed by atoms with Crippen molar-refractivity contribution < 1.29 is 9.59 Å². The van der Waals surface area contributed by atoms with Gasteiger partial charge in [-0.25, -0.2) is 0 Å². The van der Waals surface area contributed by atoms with Crippen LogP contribution in [-0.2, 0) is 4.79 Å². The van der Waals surface area contributed by atoms with Gasteiger partial charge in [-0.3, -0.25) is 14.6 Å². The van der Waals surface area contributed by atoms with Crippen molar-refractivity contribution in [2.75, 3.05) is 0 Å². The summed E-state index contributed by atoms with van der Waals surface area (Å²) in [5.74, 6) is -0.787. The molecule has 2 aromatic rings. The van der Waals surface area contributed by atoms with Crippen LogP contribution in [0.4, 0.5) is 0 Å². The van der Waals surface area contributed by atoms with Crippen molar-refractivity contribution >= 4 is 11.8 Å². The number of amides is 2. The van der Waals surface area contributed by atoms with Gasteiger partial charge in [-0.15, -0.1) is 0 Å². The summed E-state index contributed by atoms with van der Waals surface area (Å²) < 4.78 is 0. The number of pyridine rings is 1. The number of benzene rings is 1. The average molecular weight is 309 g/mol. The van der Waals surface area contributed by atoms with Gasteiger partial charge in [0, 0.05) is 18.0 Å². The molecule has 0 bridgehead atoms. The van der Waals surface area contributed by atoms with Crippen LogP contribution in [0.1, 0.15) is 35.2 Å². The average Bonchev–Trinajstić information content (AvgIpc) is 2.51. The predicted molar refractivity (Wildman–Crippen MR) is 87.7 cm³/mol. The Morgan fingerprint density at radius 1 is 1.13 bits per heavy atom. The molecule has 0 saturated heterocycles. The fourth-order valence-electron chi connectivity index (χ4n) is 2.72. The van der Waals surface area contributed by atoms with E-state index in [1.54, 1.807) is 12.3 Å². The normalized spacial score (nSPS) is 15.5. The number of nitrogens with one attached hydrogen (secondary N) is 1. The molecule has 2 amide bonds. The van der Waals surface area contributed by atoms with Crippen molar-refractivity contribution in [3.05, 3.63) is 53.9 Å². The molecule has 5 nitrogen and oxygen atoms in total. The molecule has 0 aliphatic heterocycles. The Hall–Kier alpha value is -2.69. The van der Waals surface area contributed by atoms with Gasteiger partial charge in [-0.2, -0.15) is 0 Å². The maximum absolute atomic E-state index is 12.4. The van der Waals surface area contributed by atoms with E-state index in [1.165, 1.54) is 11.8 Å². The largest absolute Gasteiger partial charge is 0.368 e. The van der Waals surface area contributed by atoms with Crippen LogP contribution in [0.5, 0.6) is 0 Å². The highest BCUT2D eigenvalue weighted by Crippen LogP contribution is 2.32. The molecular weight excluding hydrogens is 290 g/mol. The first-order valence-electron chi connectivity index (χ1n) is 7.65. The Kier molecular flexibility index (Phi) is 3.86. The number of carbonyl (C=O) groups is 2. The van der Waals surface area contributed by atoms with E-state index >= 15 is 0 Å². The molecule has 23 heavy (non-hydrogen) atoms. The van der Waals surface area contributed by atoms with Crippen LogP contribution in [-0.4, -0.2) is 22.3 Å². The second-order valence-corrected chi connectivity index (χ2v) is 6.08. The van der Waals surface area contributed by atoms with E-state index in [9.17, 15) is 9.59 Å². The van der Waals surface area contributed by atoms with Crippen molar-refractivity contribution in [3.8, 4) is 11.1 Å². The van der Waals surface area contributed by atoms with Crippen molar-refractivity contribution in [1.82, 2.24) is 10.3 Å². The van der Waals surface area contributed by atoms with E-state index in [1.807, 2.05) is 31.2 Å². The molecule has 1 fully saturated rings. The van der Waals surface area contributed by atoms with Gasteiger partial charge in [0.05, 0.1) is 5.56 Å². The van der Waals surface area contributed by atoms with E-state index in [-0.39, 0.29) is 5.91 Å². The standard InChI is InChI=1S/C18H19N3O2/c1-12-3-5-13(6-4-12)14-9-15(11-20-10-14)16(22)21-18(17(19)23)7-2-8-18/h3-6,9-11H,2,7-8H2,1H3,(H2,19,23)(H,21,22). The maximum atomic E-state index is 12.4. The number of carbonyl (C=O) groups excluding carboxylic acids is 2. The maximum Gasteiger partial charge on any atom is 0.253 e. The lowest BCUT2D eigenvalue weighted by Crippen LogP contribution is -2.61. The van der Waals surface area contributed by atoms with E-state index in [0.717, 1.165) is 17.5 Å². The summed E-state index contributed by atoms with van der Waals surface area (Å²) in [6.07, 6.45) is 5.30. The molecule has 3 rings (SSSR count). The quantitative estimate of drug-likeness (QED) is 0.908. The summed E-state index contributed by atoms with van der Waals surface area (Å²) in [6.45, 7) is 2.02. The molecular formula is C18H19N3O2. The first-order chi connectivity index (χ1) is 11.0. The third kappa shape index (κ3) is 2.95. The molecule has 0 unspecified atom stereocenters. The SMILES string of the molecule is Cc1ccc(-c2cncc(C(=O)NC3(C(N)=O)CCC3)c2)cc1. The van der Waals surface area contributed by atoms with Crippen LogP contribution >= 0.6 is 0 Å². The number of aromatic nitrogens is 1. The Morgan fingerprint density at radius 3 is 2.39 bits per heavy atom. The van der Waals surface area contributed by atoms with Crippen LogP contribution in [0.15, 0.2) is 42.7 Å². The lowest BCUT2D eigenvalue weighted by Gasteiger charge is -2.39. The number of nitrogens with two attached hydrogens (primary N) is 1. The highest BCUT2D eigenvalue weighted by atomic mass is 16.2. The number of nitrogens with zero attached hydrogens (tertiary/aromatic N) is 1. The second kappa shape index (κ2) is 5.83. The zero-order valence-electron chi connectivity index (χ0n) is 13.0.